The Bertz CT molecular complexity index is 1050. The maximum absolute atomic E-state index is 12.9. The summed E-state index contributed by atoms with van der Waals surface area (Å²) < 4.78 is 5.91. The number of amides is 1. The maximum Gasteiger partial charge on any atom is 0.335 e. The molecule has 0 aliphatic heterocycles. The molecule has 0 saturated carbocycles. The van der Waals surface area contributed by atoms with Crippen LogP contribution in [0, 0.1) is 6.92 Å². The largest absolute Gasteiger partial charge is 0.478 e. The van der Waals surface area contributed by atoms with Crippen molar-refractivity contribution in [1.82, 2.24) is 5.32 Å². The van der Waals surface area contributed by atoms with Crippen molar-refractivity contribution in [3.63, 3.8) is 0 Å². The summed E-state index contributed by atoms with van der Waals surface area (Å²) in [7, 11) is 0. The van der Waals surface area contributed by atoms with Crippen molar-refractivity contribution in [3.8, 4) is 11.5 Å². The van der Waals surface area contributed by atoms with Gasteiger partial charge < -0.3 is 15.2 Å². The van der Waals surface area contributed by atoms with Crippen LogP contribution in [0.4, 0.5) is 0 Å². The smallest absolute Gasteiger partial charge is 0.335 e. The van der Waals surface area contributed by atoms with Crippen molar-refractivity contribution in [1.29, 1.82) is 0 Å². The van der Waals surface area contributed by atoms with Crippen LogP contribution in [0.25, 0.3) is 0 Å². The number of nitrogens with one attached hydrogen (secondary N) is 1. The second-order valence-electron chi connectivity index (χ2n) is 6.68. The Morgan fingerprint density at radius 1 is 1.03 bits per heavy atom. The molecule has 0 aliphatic carbocycles. The molecule has 0 bridgehead atoms. The third-order valence-corrected chi connectivity index (χ3v) is 4.64. The van der Waals surface area contributed by atoms with E-state index in [-0.39, 0.29) is 17.5 Å². The number of carboxylic acid groups (broad SMARTS) is 1. The molecule has 2 N–H and O–H groups in total. The first-order valence-electron chi connectivity index (χ1n) is 9.01. The van der Waals surface area contributed by atoms with E-state index < -0.39 is 5.97 Å². The number of hydrogen-bond donors (Lipinski definition) is 2. The van der Waals surface area contributed by atoms with Crippen molar-refractivity contribution in [2.75, 3.05) is 0 Å². The molecule has 1 amide bonds. The van der Waals surface area contributed by atoms with Gasteiger partial charge in [-0.05, 0) is 67.4 Å². The molecule has 0 heterocycles. The van der Waals surface area contributed by atoms with Gasteiger partial charge in [0.1, 0.15) is 11.5 Å². The van der Waals surface area contributed by atoms with Gasteiger partial charge in [0.25, 0.3) is 5.91 Å². The lowest BCUT2D eigenvalue weighted by Crippen LogP contribution is -2.27. The fraction of sp³-hybridized carbons (Fsp3) is 0.130. The molecule has 6 heteroatoms. The third kappa shape index (κ3) is 5.15. The summed E-state index contributed by atoms with van der Waals surface area (Å²) in [4.78, 5) is 23.9. The predicted molar refractivity (Wildman–Crippen MR) is 112 cm³/mol. The highest BCUT2D eigenvalue weighted by Crippen LogP contribution is 2.29. The normalized spacial score (nSPS) is 11.6. The van der Waals surface area contributed by atoms with E-state index in [4.69, 9.17) is 21.4 Å². The molecule has 0 spiro atoms. The number of carboxylic acids is 1. The Morgan fingerprint density at radius 2 is 1.76 bits per heavy atom. The molecule has 148 valence electrons. The lowest BCUT2D eigenvalue weighted by Gasteiger charge is -2.17. The quantitative estimate of drug-likeness (QED) is 0.553. The second kappa shape index (κ2) is 8.80. The van der Waals surface area contributed by atoms with Gasteiger partial charge in [-0.15, -0.1) is 0 Å². The zero-order chi connectivity index (χ0) is 21.0. The van der Waals surface area contributed by atoms with Gasteiger partial charge in [0.05, 0.1) is 17.2 Å². The third-order valence-electron chi connectivity index (χ3n) is 4.41. The summed E-state index contributed by atoms with van der Waals surface area (Å²) in [5.74, 6) is -0.320. The first kappa shape index (κ1) is 20.4. The van der Waals surface area contributed by atoms with Gasteiger partial charge >= 0.3 is 5.97 Å². The molecule has 0 aromatic heterocycles. The van der Waals surface area contributed by atoms with E-state index in [0.29, 0.717) is 22.1 Å². The van der Waals surface area contributed by atoms with Gasteiger partial charge in [0, 0.05) is 5.02 Å². The van der Waals surface area contributed by atoms with Crippen LogP contribution in [-0.2, 0) is 0 Å². The Labute approximate surface area is 173 Å². The summed E-state index contributed by atoms with van der Waals surface area (Å²) in [6, 6.07) is 18.4. The Balaban J connectivity index is 1.80. The summed E-state index contributed by atoms with van der Waals surface area (Å²) in [5, 5.41) is 12.3. The molecule has 0 unspecified atom stereocenters. The lowest BCUT2D eigenvalue weighted by molar-refractivity contribution is 0.0696. The van der Waals surface area contributed by atoms with E-state index in [1.165, 1.54) is 12.1 Å². The first-order chi connectivity index (χ1) is 13.8. The van der Waals surface area contributed by atoms with Gasteiger partial charge in [0.2, 0.25) is 0 Å². The molecule has 0 aliphatic rings. The summed E-state index contributed by atoms with van der Waals surface area (Å²) in [5.41, 5.74) is 2.33. The van der Waals surface area contributed by atoms with Crippen LogP contribution in [-0.4, -0.2) is 17.0 Å². The molecule has 1 atom stereocenters. The number of carbonyl (C=O) groups excluding carboxylic acids is 1. The summed E-state index contributed by atoms with van der Waals surface area (Å²) in [6.07, 6.45) is 0. The number of aryl methyl sites for hydroxylation is 1. The van der Waals surface area contributed by atoms with Crippen molar-refractivity contribution in [3.05, 3.63) is 94.0 Å². The SMILES string of the molecule is Cc1cccc(Oc2ccc(Cl)cc2C(=O)N[C@@H](C)c2ccc(C(=O)O)cc2)c1. The minimum absolute atomic E-state index is 0.191. The van der Waals surface area contributed by atoms with Crippen LogP contribution in [0.15, 0.2) is 66.7 Å². The van der Waals surface area contributed by atoms with Crippen molar-refractivity contribution in [2.24, 2.45) is 0 Å². The average Bonchev–Trinajstić information content (AvgIpc) is 2.69. The number of carbonyl (C=O) groups is 2. The van der Waals surface area contributed by atoms with Gasteiger partial charge in [-0.2, -0.15) is 0 Å². The van der Waals surface area contributed by atoms with Crippen molar-refractivity contribution in [2.45, 2.75) is 19.9 Å². The molecule has 0 fully saturated rings. The van der Waals surface area contributed by atoms with Crippen molar-refractivity contribution >= 4 is 23.5 Å². The first-order valence-corrected chi connectivity index (χ1v) is 9.39. The van der Waals surface area contributed by atoms with Crippen LogP contribution in [0.5, 0.6) is 11.5 Å². The van der Waals surface area contributed by atoms with Crippen LogP contribution in [0.3, 0.4) is 0 Å². The van der Waals surface area contributed by atoms with Crippen LogP contribution in [0.2, 0.25) is 5.02 Å². The highest BCUT2D eigenvalue weighted by atomic mass is 35.5. The fourth-order valence-corrected chi connectivity index (χ4v) is 3.02. The number of halogens is 1. The molecule has 3 rings (SSSR count). The zero-order valence-electron chi connectivity index (χ0n) is 16.0. The summed E-state index contributed by atoms with van der Waals surface area (Å²) in [6.45, 7) is 3.78. The number of ether oxygens (including phenoxy) is 1. The molecule has 0 saturated heterocycles. The van der Waals surface area contributed by atoms with Gasteiger partial charge in [-0.1, -0.05) is 35.9 Å². The molecule has 29 heavy (non-hydrogen) atoms. The minimum atomic E-state index is -0.995. The topological polar surface area (TPSA) is 75.6 Å². The van der Waals surface area contributed by atoms with Gasteiger partial charge in [0.15, 0.2) is 0 Å². The zero-order valence-corrected chi connectivity index (χ0v) is 16.7. The minimum Gasteiger partial charge on any atom is -0.478 e. The number of aromatic carboxylic acids is 1. The molecule has 5 nitrogen and oxygen atoms in total. The Hall–Kier alpha value is -3.31. The predicted octanol–water partition coefficient (Wildman–Crippen LogP) is 5.63. The number of hydrogen-bond acceptors (Lipinski definition) is 3. The molecule has 0 radical (unpaired) electrons. The molecule has 3 aromatic carbocycles. The van der Waals surface area contributed by atoms with E-state index in [9.17, 15) is 9.59 Å². The van der Waals surface area contributed by atoms with Crippen LogP contribution >= 0.6 is 11.6 Å². The van der Waals surface area contributed by atoms with Crippen LogP contribution < -0.4 is 10.1 Å². The highest BCUT2D eigenvalue weighted by molar-refractivity contribution is 6.31. The van der Waals surface area contributed by atoms with Crippen molar-refractivity contribution < 1.29 is 19.4 Å². The maximum atomic E-state index is 12.9. The highest BCUT2D eigenvalue weighted by Gasteiger charge is 2.17. The second-order valence-corrected chi connectivity index (χ2v) is 7.12. The van der Waals surface area contributed by atoms with E-state index in [2.05, 4.69) is 5.32 Å². The van der Waals surface area contributed by atoms with Gasteiger partial charge in [-0.3, -0.25) is 4.79 Å². The lowest BCUT2D eigenvalue weighted by atomic mass is 10.1. The Kier molecular flexibility index (Phi) is 6.20. The molecular weight excluding hydrogens is 390 g/mol. The van der Waals surface area contributed by atoms with Gasteiger partial charge in [-0.25, -0.2) is 4.79 Å². The average molecular weight is 410 g/mol. The monoisotopic (exact) mass is 409 g/mol. The Morgan fingerprint density at radius 3 is 2.41 bits per heavy atom. The number of benzene rings is 3. The van der Waals surface area contributed by atoms with E-state index in [0.717, 1.165) is 11.1 Å². The van der Waals surface area contributed by atoms with E-state index in [1.54, 1.807) is 30.3 Å². The van der Waals surface area contributed by atoms with E-state index in [1.807, 2.05) is 38.1 Å². The van der Waals surface area contributed by atoms with Crippen LogP contribution in [0.1, 0.15) is 44.8 Å². The fourth-order valence-electron chi connectivity index (χ4n) is 2.85. The molecular formula is C23H20ClNO4. The van der Waals surface area contributed by atoms with E-state index >= 15 is 0 Å². The number of rotatable bonds is 6. The standard InChI is InChI=1S/C23H20ClNO4/c1-14-4-3-5-19(12-14)29-21-11-10-18(24)13-20(21)22(26)25-15(2)16-6-8-17(9-7-16)23(27)28/h3-13,15H,1-2H3,(H,25,26)(H,27,28)/t15-/m0/s1. The molecule has 3 aromatic rings. The summed E-state index contributed by atoms with van der Waals surface area (Å²) >= 11 is 6.10.